The molecule has 2 fully saturated rings. The number of carbonyl (C=O) groups excluding carboxylic acids is 1. The Hall–Kier alpha value is -0.0500. The van der Waals surface area contributed by atoms with Crippen LogP contribution in [0, 0.1) is 0 Å². The average Bonchev–Trinajstić information content (AvgIpc) is 2.29. The smallest absolute Gasteiger partial charge is 0.320 e. The van der Waals surface area contributed by atoms with Crippen LogP contribution in [0.2, 0.25) is 0 Å². The number of carbonyl (C=O) groups is 1. The maximum Gasteiger partial charge on any atom is 0.320 e. The molecule has 0 N–H and O–H groups in total. The molecule has 0 aromatic heterocycles. The lowest BCUT2D eigenvalue weighted by Gasteiger charge is -2.25. The Labute approximate surface area is 87.2 Å². The van der Waals surface area contributed by atoms with Gasteiger partial charge in [-0.1, -0.05) is 28.8 Å². The Balaban J connectivity index is 2.07. The minimum absolute atomic E-state index is 0.0504. The molecule has 0 bridgehead atoms. The topological polar surface area (TPSA) is 26.3 Å². The summed E-state index contributed by atoms with van der Waals surface area (Å²) in [4.78, 5) is 11.2. The third-order valence-corrected chi connectivity index (χ3v) is 3.84. The number of alkyl halides is 1. The van der Waals surface area contributed by atoms with E-state index >= 15 is 0 Å². The maximum absolute atomic E-state index is 11.3. The van der Waals surface area contributed by atoms with Gasteiger partial charge in [-0.2, -0.15) is 0 Å². The first-order valence-corrected chi connectivity index (χ1v) is 6.00. The predicted octanol–water partition coefficient (Wildman–Crippen LogP) is 2.79. The third-order valence-electron chi connectivity index (χ3n) is 3.14. The number of hydrogen-bond acceptors (Lipinski definition) is 2. The molecule has 1 unspecified atom stereocenters. The lowest BCUT2D eigenvalue weighted by molar-refractivity contribution is -0.148. The van der Waals surface area contributed by atoms with Crippen LogP contribution in [-0.4, -0.2) is 16.4 Å². The van der Waals surface area contributed by atoms with Gasteiger partial charge < -0.3 is 4.74 Å². The Morgan fingerprint density at radius 2 is 1.85 bits per heavy atom. The van der Waals surface area contributed by atoms with Gasteiger partial charge in [-0.3, -0.25) is 4.79 Å². The minimum Gasteiger partial charge on any atom is -0.458 e. The van der Waals surface area contributed by atoms with Crippen molar-refractivity contribution in [2.75, 3.05) is 0 Å². The second-order valence-corrected chi connectivity index (χ2v) is 5.30. The molecule has 13 heavy (non-hydrogen) atoms. The first kappa shape index (κ1) is 9.50. The zero-order valence-corrected chi connectivity index (χ0v) is 9.31. The molecule has 0 aromatic rings. The standard InChI is InChI=1S/C10H15BrO2/c11-8-7-10(13-9(8)12)5-3-1-2-4-6-10/h8H,1-7H2. The molecule has 1 atom stereocenters. The SMILES string of the molecule is O=C1OC2(CCCCCC2)CC1Br. The first-order valence-electron chi connectivity index (χ1n) is 5.09. The molecule has 1 aliphatic heterocycles. The molecule has 1 spiro atoms. The molecule has 0 amide bonds. The van der Waals surface area contributed by atoms with Gasteiger partial charge in [0.15, 0.2) is 0 Å². The average molecular weight is 247 g/mol. The van der Waals surface area contributed by atoms with Crippen LogP contribution in [0.1, 0.15) is 44.9 Å². The summed E-state index contributed by atoms with van der Waals surface area (Å²) in [5, 5.41) is 0. The van der Waals surface area contributed by atoms with Gasteiger partial charge >= 0.3 is 5.97 Å². The fourth-order valence-corrected chi connectivity index (χ4v) is 3.09. The van der Waals surface area contributed by atoms with Gasteiger partial charge in [-0.05, 0) is 25.7 Å². The number of rotatable bonds is 0. The van der Waals surface area contributed by atoms with E-state index in [1.165, 1.54) is 25.7 Å². The van der Waals surface area contributed by atoms with Crippen molar-refractivity contribution in [3.63, 3.8) is 0 Å². The molecule has 74 valence electrons. The van der Waals surface area contributed by atoms with E-state index in [1.54, 1.807) is 0 Å². The van der Waals surface area contributed by atoms with Gasteiger partial charge in [-0.25, -0.2) is 0 Å². The van der Waals surface area contributed by atoms with Crippen molar-refractivity contribution >= 4 is 21.9 Å². The van der Waals surface area contributed by atoms with E-state index in [0.29, 0.717) is 0 Å². The van der Waals surface area contributed by atoms with E-state index in [4.69, 9.17) is 4.74 Å². The highest BCUT2D eigenvalue weighted by Crippen LogP contribution is 2.41. The van der Waals surface area contributed by atoms with Gasteiger partial charge in [-0.15, -0.1) is 0 Å². The molecule has 0 radical (unpaired) electrons. The maximum atomic E-state index is 11.3. The van der Waals surface area contributed by atoms with Crippen molar-refractivity contribution in [2.24, 2.45) is 0 Å². The second-order valence-electron chi connectivity index (χ2n) is 4.19. The van der Waals surface area contributed by atoms with Crippen LogP contribution >= 0.6 is 15.9 Å². The largest absolute Gasteiger partial charge is 0.458 e. The third kappa shape index (κ3) is 1.90. The monoisotopic (exact) mass is 246 g/mol. The quantitative estimate of drug-likeness (QED) is 0.486. The van der Waals surface area contributed by atoms with Gasteiger partial charge in [0.25, 0.3) is 0 Å². The van der Waals surface area contributed by atoms with Crippen molar-refractivity contribution < 1.29 is 9.53 Å². The fraction of sp³-hybridized carbons (Fsp3) is 0.900. The van der Waals surface area contributed by atoms with Gasteiger partial charge in [0, 0.05) is 6.42 Å². The second kappa shape index (κ2) is 3.60. The van der Waals surface area contributed by atoms with Crippen molar-refractivity contribution in [3.05, 3.63) is 0 Å². The van der Waals surface area contributed by atoms with E-state index in [2.05, 4.69) is 15.9 Å². The molecule has 1 aliphatic carbocycles. The molecule has 3 heteroatoms. The number of esters is 1. The lowest BCUT2D eigenvalue weighted by Crippen LogP contribution is -2.27. The highest BCUT2D eigenvalue weighted by atomic mass is 79.9. The molecule has 1 saturated heterocycles. The summed E-state index contributed by atoms with van der Waals surface area (Å²) in [6, 6.07) is 0. The summed E-state index contributed by atoms with van der Waals surface area (Å²) in [5.74, 6) is -0.0538. The van der Waals surface area contributed by atoms with E-state index in [-0.39, 0.29) is 16.4 Å². The van der Waals surface area contributed by atoms with Crippen molar-refractivity contribution in [3.8, 4) is 0 Å². The number of halogens is 1. The van der Waals surface area contributed by atoms with Crippen molar-refractivity contribution in [1.82, 2.24) is 0 Å². The van der Waals surface area contributed by atoms with Crippen LogP contribution < -0.4 is 0 Å². The summed E-state index contributed by atoms with van der Waals surface area (Å²) in [6.45, 7) is 0. The Bertz CT molecular complexity index is 207. The molecule has 1 heterocycles. The van der Waals surface area contributed by atoms with E-state index in [1.807, 2.05) is 0 Å². The van der Waals surface area contributed by atoms with Crippen LogP contribution in [0.15, 0.2) is 0 Å². The summed E-state index contributed by atoms with van der Waals surface area (Å²) in [7, 11) is 0. The van der Waals surface area contributed by atoms with Gasteiger partial charge in [0.05, 0.1) is 0 Å². The highest BCUT2D eigenvalue weighted by Gasteiger charge is 2.45. The highest BCUT2D eigenvalue weighted by molar-refractivity contribution is 9.10. The van der Waals surface area contributed by atoms with E-state index in [9.17, 15) is 4.79 Å². The Kier molecular flexibility index (Phi) is 2.63. The molecular formula is C10H15BrO2. The van der Waals surface area contributed by atoms with Crippen molar-refractivity contribution in [1.29, 1.82) is 0 Å². The molecule has 2 rings (SSSR count). The number of hydrogen-bond donors (Lipinski definition) is 0. The fourth-order valence-electron chi connectivity index (χ4n) is 2.41. The van der Waals surface area contributed by atoms with Gasteiger partial charge in [0.1, 0.15) is 10.4 Å². The zero-order valence-electron chi connectivity index (χ0n) is 7.72. The Morgan fingerprint density at radius 1 is 1.23 bits per heavy atom. The summed E-state index contributed by atoms with van der Waals surface area (Å²) in [6.07, 6.45) is 8.05. The van der Waals surface area contributed by atoms with Gasteiger partial charge in [0.2, 0.25) is 0 Å². The molecular weight excluding hydrogens is 232 g/mol. The van der Waals surface area contributed by atoms with E-state index < -0.39 is 0 Å². The van der Waals surface area contributed by atoms with Crippen LogP contribution in [0.5, 0.6) is 0 Å². The van der Waals surface area contributed by atoms with Crippen LogP contribution in [0.25, 0.3) is 0 Å². The summed E-state index contributed by atoms with van der Waals surface area (Å²) < 4.78 is 5.50. The van der Waals surface area contributed by atoms with Crippen LogP contribution in [0.4, 0.5) is 0 Å². The minimum atomic E-state index is -0.0955. The summed E-state index contributed by atoms with van der Waals surface area (Å²) >= 11 is 3.37. The lowest BCUT2D eigenvalue weighted by atomic mass is 9.91. The molecule has 2 aliphatic rings. The first-order chi connectivity index (χ1) is 6.22. The van der Waals surface area contributed by atoms with Crippen LogP contribution in [0.3, 0.4) is 0 Å². The predicted molar refractivity (Wildman–Crippen MR) is 53.9 cm³/mol. The molecule has 0 aromatic carbocycles. The number of ether oxygens (including phenoxy) is 1. The van der Waals surface area contributed by atoms with Crippen molar-refractivity contribution in [2.45, 2.75) is 55.4 Å². The molecule has 2 nitrogen and oxygen atoms in total. The zero-order chi connectivity index (χ0) is 9.31. The Morgan fingerprint density at radius 3 is 2.31 bits per heavy atom. The van der Waals surface area contributed by atoms with E-state index in [0.717, 1.165) is 19.3 Å². The molecule has 1 saturated carbocycles. The van der Waals surface area contributed by atoms with Crippen LogP contribution in [-0.2, 0) is 9.53 Å². The summed E-state index contributed by atoms with van der Waals surface area (Å²) in [5.41, 5.74) is -0.0955. The normalized spacial score (nSPS) is 33.0.